The monoisotopic (exact) mass is 272 g/mol. The first kappa shape index (κ1) is 15.8. The van der Waals surface area contributed by atoms with Gasteiger partial charge in [-0.2, -0.15) is 0 Å². The average Bonchev–Trinajstić information content (AvgIpc) is 2.39. The van der Waals surface area contributed by atoms with Crippen molar-refractivity contribution in [1.82, 2.24) is 9.80 Å². The molecule has 1 aliphatic heterocycles. The number of piperidine rings is 1. The lowest BCUT2D eigenvalue weighted by atomic mass is 9.98. The number of aliphatic carboxylic acids is 1. The van der Waals surface area contributed by atoms with Gasteiger partial charge < -0.3 is 19.6 Å². The zero-order chi connectivity index (χ0) is 14.4. The Bertz CT molecular complexity index is 314. The van der Waals surface area contributed by atoms with Crippen LogP contribution in [0, 0.1) is 5.92 Å². The maximum Gasteiger partial charge on any atom is 0.326 e. The molecule has 0 aromatic heterocycles. The SMILES string of the molecule is CCC(C(=O)O)N(C)C(=O)N1CCC(COC)CC1. The molecule has 1 N–H and O–H groups in total. The first-order valence-electron chi connectivity index (χ1n) is 6.74. The number of urea groups is 1. The van der Waals surface area contributed by atoms with Crippen LogP contribution in [0.3, 0.4) is 0 Å². The van der Waals surface area contributed by atoms with E-state index in [9.17, 15) is 9.59 Å². The summed E-state index contributed by atoms with van der Waals surface area (Å²) in [6, 6.07) is -0.936. The molecule has 0 spiro atoms. The van der Waals surface area contributed by atoms with Crippen molar-refractivity contribution in [3.05, 3.63) is 0 Å². The highest BCUT2D eigenvalue weighted by molar-refractivity contribution is 5.82. The summed E-state index contributed by atoms with van der Waals surface area (Å²) in [6.45, 7) is 3.85. The predicted octanol–water partition coefficient (Wildman–Crippen LogP) is 1.26. The molecule has 0 aliphatic carbocycles. The summed E-state index contributed by atoms with van der Waals surface area (Å²) < 4.78 is 5.12. The lowest BCUT2D eigenvalue weighted by Crippen LogP contribution is -2.51. The minimum absolute atomic E-state index is 0.190. The minimum Gasteiger partial charge on any atom is -0.480 e. The highest BCUT2D eigenvalue weighted by Crippen LogP contribution is 2.19. The molecule has 1 unspecified atom stereocenters. The Balaban J connectivity index is 2.52. The van der Waals surface area contributed by atoms with Gasteiger partial charge in [-0.3, -0.25) is 0 Å². The van der Waals surface area contributed by atoms with Crippen LogP contribution in [0.25, 0.3) is 0 Å². The average molecular weight is 272 g/mol. The smallest absolute Gasteiger partial charge is 0.326 e. The summed E-state index contributed by atoms with van der Waals surface area (Å²) in [5.41, 5.74) is 0. The van der Waals surface area contributed by atoms with E-state index in [1.807, 2.05) is 0 Å². The summed E-state index contributed by atoms with van der Waals surface area (Å²) in [4.78, 5) is 26.4. The van der Waals surface area contributed by atoms with E-state index in [4.69, 9.17) is 9.84 Å². The van der Waals surface area contributed by atoms with E-state index >= 15 is 0 Å². The van der Waals surface area contributed by atoms with E-state index in [0.717, 1.165) is 19.4 Å². The van der Waals surface area contributed by atoms with Crippen LogP contribution in [0.2, 0.25) is 0 Å². The summed E-state index contributed by atoms with van der Waals surface area (Å²) >= 11 is 0. The standard InChI is InChI=1S/C13H24N2O4/c1-4-11(12(16)17)14(2)13(18)15-7-5-10(6-8-15)9-19-3/h10-11H,4-9H2,1-3H3,(H,16,17). The summed E-state index contributed by atoms with van der Waals surface area (Å²) in [5.74, 6) is -0.451. The number of likely N-dealkylation sites (N-methyl/N-ethyl adjacent to an activating group) is 1. The fourth-order valence-corrected chi connectivity index (χ4v) is 2.50. The fraction of sp³-hybridized carbons (Fsp3) is 0.846. The molecule has 6 heteroatoms. The van der Waals surface area contributed by atoms with Gasteiger partial charge >= 0.3 is 12.0 Å². The Labute approximate surface area is 114 Å². The van der Waals surface area contributed by atoms with Gasteiger partial charge in [-0.25, -0.2) is 9.59 Å². The molecule has 0 aromatic rings. The highest BCUT2D eigenvalue weighted by Gasteiger charge is 2.30. The van der Waals surface area contributed by atoms with Crippen molar-refractivity contribution < 1.29 is 19.4 Å². The lowest BCUT2D eigenvalue weighted by Gasteiger charge is -2.36. The Kier molecular flexibility index (Phi) is 6.08. The van der Waals surface area contributed by atoms with Crippen molar-refractivity contribution >= 4 is 12.0 Å². The van der Waals surface area contributed by atoms with Crippen LogP contribution >= 0.6 is 0 Å². The number of carboxylic acid groups (broad SMARTS) is 1. The second-order valence-electron chi connectivity index (χ2n) is 5.04. The Morgan fingerprint density at radius 1 is 1.42 bits per heavy atom. The van der Waals surface area contributed by atoms with Gasteiger partial charge in [0.15, 0.2) is 0 Å². The number of carbonyl (C=O) groups is 2. The molecule has 1 saturated heterocycles. The van der Waals surface area contributed by atoms with E-state index in [2.05, 4.69) is 0 Å². The molecule has 1 rings (SSSR count). The van der Waals surface area contributed by atoms with E-state index in [1.54, 1.807) is 26.0 Å². The molecule has 1 atom stereocenters. The highest BCUT2D eigenvalue weighted by atomic mass is 16.5. The largest absolute Gasteiger partial charge is 0.480 e. The number of ether oxygens (including phenoxy) is 1. The number of rotatable bonds is 5. The molecular weight excluding hydrogens is 248 g/mol. The maximum atomic E-state index is 12.2. The Morgan fingerprint density at radius 3 is 2.42 bits per heavy atom. The third kappa shape index (κ3) is 4.09. The molecule has 6 nitrogen and oxygen atoms in total. The molecule has 0 aromatic carbocycles. The van der Waals surface area contributed by atoms with E-state index < -0.39 is 12.0 Å². The molecule has 110 valence electrons. The number of nitrogens with zero attached hydrogens (tertiary/aromatic N) is 2. The van der Waals surface area contributed by atoms with Gasteiger partial charge in [-0.15, -0.1) is 0 Å². The van der Waals surface area contributed by atoms with Gasteiger partial charge in [0.1, 0.15) is 6.04 Å². The fourth-order valence-electron chi connectivity index (χ4n) is 2.50. The molecule has 0 bridgehead atoms. The van der Waals surface area contributed by atoms with Gasteiger partial charge in [-0.05, 0) is 25.2 Å². The second-order valence-corrected chi connectivity index (χ2v) is 5.04. The lowest BCUT2D eigenvalue weighted by molar-refractivity contribution is -0.142. The van der Waals surface area contributed by atoms with Crippen LogP contribution in [0.15, 0.2) is 0 Å². The Morgan fingerprint density at radius 2 is 2.00 bits per heavy atom. The van der Waals surface area contributed by atoms with Crippen molar-refractivity contribution in [3.8, 4) is 0 Å². The van der Waals surface area contributed by atoms with Crippen LogP contribution in [0.4, 0.5) is 4.79 Å². The summed E-state index contributed by atoms with van der Waals surface area (Å²) in [6.07, 6.45) is 2.24. The topological polar surface area (TPSA) is 70.1 Å². The van der Waals surface area contributed by atoms with Crippen LogP contribution in [0.1, 0.15) is 26.2 Å². The van der Waals surface area contributed by atoms with Crippen molar-refractivity contribution in [2.24, 2.45) is 5.92 Å². The first-order chi connectivity index (χ1) is 9.01. The molecule has 19 heavy (non-hydrogen) atoms. The molecule has 1 aliphatic rings. The molecule has 1 heterocycles. The van der Waals surface area contributed by atoms with Gasteiger partial charge in [0.2, 0.25) is 0 Å². The van der Waals surface area contributed by atoms with Crippen LogP contribution in [-0.2, 0) is 9.53 Å². The zero-order valence-corrected chi connectivity index (χ0v) is 12.0. The third-order valence-electron chi connectivity index (χ3n) is 3.73. The molecule has 0 saturated carbocycles. The minimum atomic E-state index is -0.951. The van der Waals surface area contributed by atoms with E-state index in [-0.39, 0.29) is 6.03 Å². The third-order valence-corrected chi connectivity index (χ3v) is 3.73. The van der Waals surface area contributed by atoms with E-state index in [1.165, 1.54) is 4.90 Å². The number of carbonyl (C=O) groups excluding carboxylic acids is 1. The first-order valence-corrected chi connectivity index (χ1v) is 6.74. The van der Waals surface area contributed by atoms with Gasteiger partial charge in [0.05, 0.1) is 0 Å². The summed E-state index contributed by atoms with van der Waals surface area (Å²) in [5, 5.41) is 9.07. The quantitative estimate of drug-likeness (QED) is 0.818. The number of amides is 2. The molecule has 2 amide bonds. The van der Waals surface area contributed by atoms with Gasteiger partial charge in [0.25, 0.3) is 0 Å². The van der Waals surface area contributed by atoms with Crippen molar-refractivity contribution in [3.63, 3.8) is 0 Å². The normalized spacial score (nSPS) is 18.2. The number of methoxy groups -OCH3 is 1. The number of hydrogen-bond donors (Lipinski definition) is 1. The predicted molar refractivity (Wildman–Crippen MR) is 71.0 cm³/mol. The second kappa shape index (κ2) is 7.33. The van der Waals surface area contributed by atoms with Crippen LogP contribution < -0.4 is 0 Å². The summed E-state index contributed by atoms with van der Waals surface area (Å²) in [7, 11) is 3.25. The van der Waals surface area contributed by atoms with Crippen molar-refractivity contribution in [2.45, 2.75) is 32.2 Å². The molecule has 0 radical (unpaired) electrons. The van der Waals surface area contributed by atoms with Crippen LogP contribution in [0.5, 0.6) is 0 Å². The van der Waals surface area contributed by atoms with Crippen molar-refractivity contribution in [2.75, 3.05) is 33.9 Å². The van der Waals surface area contributed by atoms with Gasteiger partial charge in [-0.1, -0.05) is 6.92 Å². The zero-order valence-electron chi connectivity index (χ0n) is 12.0. The number of carboxylic acids is 1. The maximum absolute atomic E-state index is 12.2. The Hall–Kier alpha value is -1.30. The number of hydrogen-bond acceptors (Lipinski definition) is 3. The van der Waals surface area contributed by atoms with E-state index in [0.29, 0.717) is 25.4 Å². The molecular formula is C13H24N2O4. The van der Waals surface area contributed by atoms with Gasteiger partial charge in [0, 0.05) is 33.9 Å². The number of likely N-dealkylation sites (tertiary alicyclic amines) is 1. The van der Waals surface area contributed by atoms with Crippen LogP contribution in [-0.4, -0.2) is 66.8 Å². The van der Waals surface area contributed by atoms with Crippen molar-refractivity contribution in [1.29, 1.82) is 0 Å². The molecule has 1 fully saturated rings.